The van der Waals surface area contributed by atoms with Crippen molar-refractivity contribution in [1.29, 1.82) is 0 Å². The van der Waals surface area contributed by atoms with Gasteiger partial charge in [-0.05, 0) is 23.8 Å². The molecule has 2 aromatic carbocycles. The first kappa shape index (κ1) is 18.3. The number of hydrogen-bond donors (Lipinski definition) is 3. The molecule has 0 spiro atoms. The van der Waals surface area contributed by atoms with Crippen LogP contribution in [0.2, 0.25) is 0 Å². The number of aromatic nitrogens is 1. The Morgan fingerprint density at radius 1 is 1.07 bits per heavy atom. The van der Waals surface area contributed by atoms with Crippen LogP contribution in [0.4, 0.5) is 0 Å². The van der Waals surface area contributed by atoms with Gasteiger partial charge in [0.2, 0.25) is 11.8 Å². The van der Waals surface area contributed by atoms with Crippen LogP contribution in [0.15, 0.2) is 60.8 Å². The summed E-state index contributed by atoms with van der Waals surface area (Å²) >= 11 is 0. The van der Waals surface area contributed by atoms with Crippen LogP contribution in [0, 0.1) is 11.8 Å². The summed E-state index contributed by atoms with van der Waals surface area (Å²) < 4.78 is 0. The minimum Gasteiger partial charge on any atom is -0.361 e. The van der Waals surface area contributed by atoms with Gasteiger partial charge in [-0.3, -0.25) is 9.59 Å². The van der Waals surface area contributed by atoms with Gasteiger partial charge in [-0.2, -0.15) is 0 Å². The van der Waals surface area contributed by atoms with Gasteiger partial charge in [0, 0.05) is 36.0 Å². The number of nitrogens with one attached hydrogen (secondary N) is 3. The van der Waals surface area contributed by atoms with E-state index in [1.165, 1.54) is 6.92 Å². The zero-order chi connectivity index (χ0) is 19.1. The van der Waals surface area contributed by atoms with Gasteiger partial charge in [0.15, 0.2) is 0 Å². The molecular formula is C22H21N3O2. The molecule has 2 amide bonds. The van der Waals surface area contributed by atoms with Gasteiger partial charge in [0.1, 0.15) is 6.04 Å². The summed E-state index contributed by atoms with van der Waals surface area (Å²) in [5.41, 5.74) is 2.88. The highest BCUT2D eigenvalue weighted by atomic mass is 16.2. The van der Waals surface area contributed by atoms with Crippen LogP contribution in [0.5, 0.6) is 0 Å². The number of fused-ring (bicyclic) bond motifs is 1. The lowest BCUT2D eigenvalue weighted by Crippen LogP contribution is -2.47. The number of benzene rings is 2. The molecule has 27 heavy (non-hydrogen) atoms. The van der Waals surface area contributed by atoms with Crippen LogP contribution in [0.1, 0.15) is 18.1 Å². The summed E-state index contributed by atoms with van der Waals surface area (Å²) in [6.45, 7) is 1.63. The predicted octanol–water partition coefficient (Wildman–Crippen LogP) is 2.38. The maximum atomic E-state index is 12.5. The van der Waals surface area contributed by atoms with Crippen molar-refractivity contribution in [2.75, 3.05) is 6.54 Å². The van der Waals surface area contributed by atoms with Gasteiger partial charge < -0.3 is 15.6 Å². The molecule has 3 N–H and O–H groups in total. The van der Waals surface area contributed by atoms with E-state index in [1.807, 2.05) is 60.8 Å². The van der Waals surface area contributed by atoms with Crippen LogP contribution in [-0.4, -0.2) is 29.4 Å². The summed E-state index contributed by atoms with van der Waals surface area (Å²) in [5.74, 6) is 5.42. The second-order valence-electron chi connectivity index (χ2n) is 6.20. The number of aromatic amines is 1. The average molecular weight is 359 g/mol. The lowest BCUT2D eigenvalue weighted by atomic mass is 10.0. The van der Waals surface area contributed by atoms with Crippen LogP contribution in [0.3, 0.4) is 0 Å². The van der Waals surface area contributed by atoms with E-state index < -0.39 is 6.04 Å². The summed E-state index contributed by atoms with van der Waals surface area (Å²) in [6, 6.07) is 16.8. The quantitative estimate of drug-likeness (QED) is 0.612. The number of H-pyrrole nitrogens is 1. The number of para-hydroxylation sites is 1. The molecule has 1 atom stereocenters. The number of hydrogen-bond acceptors (Lipinski definition) is 2. The third-order valence-electron chi connectivity index (χ3n) is 4.15. The summed E-state index contributed by atoms with van der Waals surface area (Å²) in [6.07, 6.45) is 2.28. The second-order valence-corrected chi connectivity index (χ2v) is 6.20. The summed E-state index contributed by atoms with van der Waals surface area (Å²) in [5, 5.41) is 6.56. The molecule has 0 radical (unpaired) electrons. The molecule has 1 heterocycles. The van der Waals surface area contributed by atoms with E-state index in [1.54, 1.807) is 0 Å². The van der Waals surface area contributed by atoms with E-state index in [-0.39, 0.29) is 18.4 Å². The summed E-state index contributed by atoms with van der Waals surface area (Å²) in [4.78, 5) is 27.3. The lowest BCUT2D eigenvalue weighted by Gasteiger charge is -2.16. The van der Waals surface area contributed by atoms with Gasteiger partial charge in [-0.25, -0.2) is 0 Å². The van der Waals surface area contributed by atoms with Crippen LogP contribution < -0.4 is 10.6 Å². The van der Waals surface area contributed by atoms with Crippen molar-refractivity contribution in [3.8, 4) is 11.8 Å². The van der Waals surface area contributed by atoms with E-state index >= 15 is 0 Å². The Bertz CT molecular complexity index is 996. The lowest BCUT2D eigenvalue weighted by molar-refractivity contribution is -0.127. The standard InChI is InChI=1S/C22H21N3O2/c1-16(26)25-21(14-18-15-24-20-12-6-5-11-19(18)20)22(27)23-13-7-10-17-8-3-2-4-9-17/h2-6,8-9,11-12,15,21,24H,13-14H2,1H3,(H,23,27)(H,25,26). The Balaban J connectivity index is 1.66. The number of carbonyl (C=O) groups excluding carboxylic acids is 2. The minimum atomic E-state index is -0.653. The van der Waals surface area contributed by atoms with Crippen molar-refractivity contribution >= 4 is 22.7 Å². The van der Waals surface area contributed by atoms with Crippen molar-refractivity contribution in [3.05, 3.63) is 71.9 Å². The summed E-state index contributed by atoms with van der Waals surface area (Å²) in [7, 11) is 0. The van der Waals surface area contributed by atoms with Crippen molar-refractivity contribution < 1.29 is 9.59 Å². The monoisotopic (exact) mass is 359 g/mol. The average Bonchev–Trinajstić information content (AvgIpc) is 3.08. The highest BCUT2D eigenvalue weighted by Crippen LogP contribution is 2.19. The van der Waals surface area contributed by atoms with Crippen molar-refractivity contribution in [3.63, 3.8) is 0 Å². The molecule has 1 unspecified atom stereocenters. The Labute approximate surface area is 158 Å². The van der Waals surface area contributed by atoms with Gasteiger partial charge >= 0.3 is 0 Å². The molecule has 0 aliphatic carbocycles. The van der Waals surface area contributed by atoms with Crippen molar-refractivity contribution in [1.82, 2.24) is 15.6 Å². The smallest absolute Gasteiger partial charge is 0.243 e. The fourth-order valence-corrected chi connectivity index (χ4v) is 2.90. The van der Waals surface area contributed by atoms with Gasteiger partial charge in [-0.15, -0.1) is 0 Å². The SMILES string of the molecule is CC(=O)NC(Cc1c[nH]c2ccccc12)C(=O)NCC#Cc1ccccc1. The minimum absolute atomic E-state index is 0.220. The first-order valence-corrected chi connectivity index (χ1v) is 8.77. The molecule has 0 saturated heterocycles. The highest BCUT2D eigenvalue weighted by Gasteiger charge is 2.20. The highest BCUT2D eigenvalue weighted by molar-refractivity contribution is 5.89. The van der Waals surface area contributed by atoms with E-state index in [4.69, 9.17) is 0 Å². The molecule has 3 rings (SSSR count). The fraction of sp³-hybridized carbons (Fsp3) is 0.182. The molecular weight excluding hydrogens is 338 g/mol. The first-order chi connectivity index (χ1) is 13.1. The maximum Gasteiger partial charge on any atom is 0.243 e. The zero-order valence-corrected chi connectivity index (χ0v) is 15.1. The molecule has 136 valence electrons. The third kappa shape index (κ3) is 4.99. The molecule has 0 aliphatic heterocycles. The molecule has 5 heteroatoms. The molecule has 5 nitrogen and oxygen atoms in total. The molecule has 0 fully saturated rings. The Morgan fingerprint density at radius 3 is 2.59 bits per heavy atom. The second kappa shape index (κ2) is 8.72. The van der Waals surface area contributed by atoms with Crippen molar-refractivity contribution in [2.45, 2.75) is 19.4 Å². The van der Waals surface area contributed by atoms with Crippen LogP contribution in [0.25, 0.3) is 10.9 Å². The largest absolute Gasteiger partial charge is 0.361 e. The van der Waals surface area contributed by atoms with Crippen LogP contribution >= 0.6 is 0 Å². The van der Waals surface area contributed by atoms with E-state index in [0.29, 0.717) is 6.42 Å². The van der Waals surface area contributed by atoms with Gasteiger partial charge in [-0.1, -0.05) is 48.2 Å². The van der Waals surface area contributed by atoms with Crippen molar-refractivity contribution in [2.24, 2.45) is 0 Å². The predicted molar refractivity (Wildman–Crippen MR) is 106 cm³/mol. The molecule has 0 saturated carbocycles. The Hall–Kier alpha value is -3.52. The number of rotatable bonds is 5. The van der Waals surface area contributed by atoms with Crippen LogP contribution in [-0.2, 0) is 16.0 Å². The van der Waals surface area contributed by atoms with E-state index in [0.717, 1.165) is 22.0 Å². The molecule has 3 aromatic rings. The molecule has 1 aromatic heterocycles. The fourth-order valence-electron chi connectivity index (χ4n) is 2.90. The third-order valence-corrected chi connectivity index (χ3v) is 4.15. The zero-order valence-electron chi connectivity index (χ0n) is 15.1. The van der Waals surface area contributed by atoms with E-state index in [9.17, 15) is 9.59 Å². The Kier molecular flexibility index (Phi) is 5.91. The molecule has 0 aliphatic rings. The van der Waals surface area contributed by atoms with E-state index in [2.05, 4.69) is 27.5 Å². The molecule has 0 bridgehead atoms. The maximum absolute atomic E-state index is 12.5. The normalized spacial score (nSPS) is 11.3. The Morgan fingerprint density at radius 2 is 1.81 bits per heavy atom. The first-order valence-electron chi connectivity index (χ1n) is 8.77. The number of carbonyl (C=O) groups is 2. The van der Waals surface area contributed by atoms with Gasteiger partial charge in [0.05, 0.1) is 6.54 Å². The van der Waals surface area contributed by atoms with Gasteiger partial charge in [0.25, 0.3) is 0 Å². The topological polar surface area (TPSA) is 74.0 Å². The number of amides is 2.